The van der Waals surface area contributed by atoms with Gasteiger partial charge in [0, 0.05) is 0 Å². The molecule has 0 saturated carbocycles. The molecule has 0 aliphatic rings. The maximum absolute atomic E-state index is 13.2. The van der Waals surface area contributed by atoms with Gasteiger partial charge >= 0.3 is 0 Å². The zero-order valence-electron chi connectivity index (χ0n) is 11.0. The number of anilines is 2. The molecule has 0 aliphatic heterocycles. The van der Waals surface area contributed by atoms with E-state index in [1.165, 1.54) is 12.3 Å². The van der Waals surface area contributed by atoms with E-state index >= 15 is 0 Å². The van der Waals surface area contributed by atoms with Crippen LogP contribution in [0, 0.1) is 24.1 Å². The standard InChI is InChI=1S/C13H11FN4O2S/c1-8-4-13(17-7-12(8)16)18-21(19,20)10-2-3-11(14)9(5-10)6-15/h2-5,7H,16H2,1H3,(H,17,18). The molecule has 0 unspecified atom stereocenters. The Morgan fingerprint density at radius 3 is 2.71 bits per heavy atom. The van der Waals surface area contributed by atoms with Crippen LogP contribution in [0.5, 0.6) is 0 Å². The number of nitrogens with one attached hydrogen (secondary N) is 1. The highest BCUT2D eigenvalue weighted by Gasteiger charge is 2.17. The van der Waals surface area contributed by atoms with Crippen LogP contribution in [0.4, 0.5) is 15.9 Å². The molecule has 2 aromatic rings. The van der Waals surface area contributed by atoms with Gasteiger partial charge in [0.2, 0.25) is 0 Å². The van der Waals surface area contributed by atoms with Gasteiger partial charge in [0.1, 0.15) is 17.7 Å². The van der Waals surface area contributed by atoms with Crippen molar-refractivity contribution in [1.29, 1.82) is 5.26 Å². The van der Waals surface area contributed by atoms with Gasteiger partial charge in [0.15, 0.2) is 0 Å². The zero-order valence-corrected chi connectivity index (χ0v) is 11.8. The van der Waals surface area contributed by atoms with Gasteiger partial charge in [0.25, 0.3) is 10.0 Å². The number of nitrogen functional groups attached to an aromatic ring is 1. The first-order valence-electron chi connectivity index (χ1n) is 5.78. The molecule has 2 rings (SSSR count). The van der Waals surface area contributed by atoms with Crippen molar-refractivity contribution < 1.29 is 12.8 Å². The molecule has 8 heteroatoms. The van der Waals surface area contributed by atoms with Gasteiger partial charge in [-0.1, -0.05) is 0 Å². The second-order valence-corrected chi connectivity index (χ2v) is 5.97. The van der Waals surface area contributed by atoms with Gasteiger partial charge in [-0.2, -0.15) is 5.26 Å². The predicted molar refractivity (Wildman–Crippen MR) is 75.3 cm³/mol. The summed E-state index contributed by atoms with van der Waals surface area (Å²) in [6.45, 7) is 1.71. The molecule has 0 spiro atoms. The van der Waals surface area contributed by atoms with Crippen molar-refractivity contribution in [2.45, 2.75) is 11.8 Å². The minimum Gasteiger partial charge on any atom is -0.397 e. The second-order valence-electron chi connectivity index (χ2n) is 4.29. The molecule has 0 bridgehead atoms. The summed E-state index contributed by atoms with van der Waals surface area (Å²) < 4.78 is 39.8. The quantitative estimate of drug-likeness (QED) is 0.898. The SMILES string of the molecule is Cc1cc(NS(=O)(=O)c2ccc(F)c(C#N)c2)ncc1N. The van der Waals surface area contributed by atoms with Gasteiger partial charge in [-0.3, -0.25) is 4.72 Å². The number of pyridine rings is 1. The van der Waals surface area contributed by atoms with Crippen LogP contribution in [0.2, 0.25) is 0 Å². The van der Waals surface area contributed by atoms with Crippen molar-refractivity contribution in [3.05, 3.63) is 47.4 Å². The van der Waals surface area contributed by atoms with Crippen molar-refractivity contribution in [3.63, 3.8) is 0 Å². The number of nitrogens with two attached hydrogens (primary N) is 1. The fraction of sp³-hybridized carbons (Fsp3) is 0.0769. The summed E-state index contributed by atoms with van der Waals surface area (Å²) in [7, 11) is -3.96. The summed E-state index contributed by atoms with van der Waals surface area (Å²) in [5.41, 5.74) is 6.36. The number of benzene rings is 1. The van der Waals surface area contributed by atoms with E-state index in [2.05, 4.69) is 9.71 Å². The molecule has 0 amide bonds. The van der Waals surface area contributed by atoms with E-state index in [0.717, 1.165) is 18.2 Å². The van der Waals surface area contributed by atoms with Crippen LogP contribution in [-0.4, -0.2) is 13.4 Å². The molecule has 0 radical (unpaired) electrons. The lowest BCUT2D eigenvalue weighted by Crippen LogP contribution is -2.14. The second kappa shape index (κ2) is 5.38. The normalized spacial score (nSPS) is 10.9. The van der Waals surface area contributed by atoms with Gasteiger partial charge in [-0.15, -0.1) is 0 Å². The molecule has 3 N–H and O–H groups in total. The van der Waals surface area contributed by atoms with Crippen LogP contribution in [0.25, 0.3) is 0 Å². The third kappa shape index (κ3) is 3.09. The first-order chi connectivity index (χ1) is 9.83. The Morgan fingerprint density at radius 2 is 2.10 bits per heavy atom. The van der Waals surface area contributed by atoms with E-state index < -0.39 is 15.8 Å². The van der Waals surface area contributed by atoms with E-state index in [9.17, 15) is 12.8 Å². The van der Waals surface area contributed by atoms with Crippen LogP contribution in [0.1, 0.15) is 11.1 Å². The number of hydrogen-bond acceptors (Lipinski definition) is 5. The molecule has 6 nitrogen and oxygen atoms in total. The number of nitrogens with zero attached hydrogens (tertiary/aromatic N) is 2. The highest BCUT2D eigenvalue weighted by Crippen LogP contribution is 2.19. The lowest BCUT2D eigenvalue weighted by molar-refractivity contribution is 0.599. The van der Waals surface area contributed by atoms with Crippen LogP contribution in [0.3, 0.4) is 0 Å². The van der Waals surface area contributed by atoms with Crippen molar-refractivity contribution in [1.82, 2.24) is 4.98 Å². The number of halogens is 1. The molecule has 108 valence electrons. The van der Waals surface area contributed by atoms with Crippen molar-refractivity contribution >= 4 is 21.5 Å². The van der Waals surface area contributed by atoms with Crippen LogP contribution in [-0.2, 0) is 10.0 Å². The molecule has 1 aromatic heterocycles. The first-order valence-corrected chi connectivity index (χ1v) is 7.26. The third-order valence-electron chi connectivity index (χ3n) is 2.76. The highest BCUT2D eigenvalue weighted by molar-refractivity contribution is 7.92. The molecular formula is C13H11FN4O2S. The van der Waals surface area contributed by atoms with E-state index in [1.807, 2.05) is 0 Å². The molecule has 0 fully saturated rings. The Balaban J connectivity index is 2.38. The minimum absolute atomic E-state index is 0.0875. The Morgan fingerprint density at radius 1 is 1.38 bits per heavy atom. The highest BCUT2D eigenvalue weighted by atomic mass is 32.2. The average molecular weight is 306 g/mol. The maximum Gasteiger partial charge on any atom is 0.263 e. The van der Waals surface area contributed by atoms with Gasteiger partial charge in [0.05, 0.1) is 22.3 Å². The number of aromatic nitrogens is 1. The van der Waals surface area contributed by atoms with Crippen molar-refractivity contribution in [2.75, 3.05) is 10.5 Å². The number of nitriles is 1. The largest absolute Gasteiger partial charge is 0.397 e. The van der Waals surface area contributed by atoms with Crippen LogP contribution in [0.15, 0.2) is 35.4 Å². The Labute approximate surface area is 121 Å². The fourth-order valence-electron chi connectivity index (χ4n) is 1.58. The Hall–Kier alpha value is -2.66. The first kappa shape index (κ1) is 14.7. The summed E-state index contributed by atoms with van der Waals surface area (Å²) in [4.78, 5) is 3.63. The van der Waals surface area contributed by atoms with Crippen LogP contribution < -0.4 is 10.5 Å². The fourth-order valence-corrected chi connectivity index (χ4v) is 2.60. The lowest BCUT2D eigenvalue weighted by atomic mass is 10.2. The molecule has 0 aliphatic carbocycles. The number of aryl methyl sites for hydroxylation is 1. The van der Waals surface area contributed by atoms with Gasteiger partial charge < -0.3 is 5.73 Å². The molecular weight excluding hydrogens is 295 g/mol. The molecule has 0 atom stereocenters. The molecule has 0 saturated heterocycles. The third-order valence-corrected chi connectivity index (χ3v) is 4.11. The van der Waals surface area contributed by atoms with E-state index in [0.29, 0.717) is 11.3 Å². The molecule has 21 heavy (non-hydrogen) atoms. The number of rotatable bonds is 3. The summed E-state index contributed by atoms with van der Waals surface area (Å²) in [6, 6.07) is 6.02. The number of sulfonamides is 1. The van der Waals surface area contributed by atoms with Gasteiger partial charge in [-0.25, -0.2) is 17.8 Å². The lowest BCUT2D eigenvalue weighted by Gasteiger charge is -2.09. The number of hydrogen-bond donors (Lipinski definition) is 2. The predicted octanol–water partition coefficient (Wildman–Crippen LogP) is 1.78. The van der Waals surface area contributed by atoms with E-state index in [-0.39, 0.29) is 16.3 Å². The van der Waals surface area contributed by atoms with Gasteiger partial charge in [-0.05, 0) is 36.8 Å². The summed E-state index contributed by atoms with van der Waals surface area (Å²) in [5.74, 6) is -0.692. The summed E-state index contributed by atoms with van der Waals surface area (Å²) in [5, 5.41) is 8.73. The minimum atomic E-state index is -3.96. The molecule has 1 aromatic carbocycles. The Bertz CT molecular complexity index is 844. The molecule has 1 heterocycles. The van der Waals surface area contributed by atoms with Crippen molar-refractivity contribution in [3.8, 4) is 6.07 Å². The summed E-state index contributed by atoms with van der Waals surface area (Å²) >= 11 is 0. The van der Waals surface area contributed by atoms with E-state index in [1.54, 1.807) is 13.0 Å². The van der Waals surface area contributed by atoms with E-state index in [4.69, 9.17) is 11.0 Å². The summed E-state index contributed by atoms with van der Waals surface area (Å²) in [6.07, 6.45) is 1.33. The Kier molecular flexibility index (Phi) is 3.78. The smallest absolute Gasteiger partial charge is 0.263 e. The average Bonchev–Trinajstić information content (AvgIpc) is 2.43. The zero-order chi connectivity index (χ0) is 15.6. The monoisotopic (exact) mass is 306 g/mol. The maximum atomic E-state index is 13.2. The topological polar surface area (TPSA) is 109 Å². The van der Waals surface area contributed by atoms with Crippen LogP contribution >= 0.6 is 0 Å². The van der Waals surface area contributed by atoms with Crippen molar-refractivity contribution in [2.24, 2.45) is 0 Å².